The maximum Gasteiger partial charge on any atom is 0.252 e. The molecule has 1 aliphatic carbocycles. The van der Waals surface area contributed by atoms with E-state index in [4.69, 9.17) is 10.2 Å². The van der Waals surface area contributed by atoms with Crippen molar-refractivity contribution in [1.82, 2.24) is 0 Å². The molecule has 0 aliphatic heterocycles. The highest BCUT2D eigenvalue weighted by Crippen LogP contribution is 2.23. The highest BCUT2D eigenvalue weighted by Gasteiger charge is 2.16. The summed E-state index contributed by atoms with van der Waals surface area (Å²) in [6, 6.07) is 2.14. The summed E-state index contributed by atoms with van der Waals surface area (Å²) in [5.41, 5.74) is 5.53. The molecule has 3 N–H and O–H groups in total. The topological polar surface area (TPSA) is 68.3 Å². The molecule has 4 nitrogen and oxygen atoms in total. The predicted octanol–water partition coefficient (Wildman–Crippen LogP) is 1.73. The third-order valence-corrected chi connectivity index (χ3v) is 2.59. The number of hydrogen-bond donors (Lipinski definition) is 2. The first kappa shape index (κ1) is 9.12. The minimum Gasteiger partial charge on any atom is -0.448 e. The largest absolute Gasteiger partial charge is 0.448 e. The number of anilines is 1. The van der Waals surface area contributed by atoms with Gasteiger partial charge < -0.3 is 15.5 Å². The fraction of sp³-hybridized carbons (Fsp3) is 0.500. The van der Waals surface area contributed by atoms with Crippen molar-refractivity contribution in [2.45, 2.75) is 31.7 Å². The molecule has 0 saturated heterocycles. The van der Waals surface area contributed by atoms with Crippen molar-refractivity contribution in [3.63, 3.8) is 0 Å². The van der Waals surface area contributed by atoms with Crippen molar-refractivity contribution in [2.75, 3.05) is 5.32 Å². The third kappa shape index (κ3) is 1.89. The molecular weight excluding hydrogens is 180 g/mol. The van der Waals surface area contributed by atoms with Gasteiger partial charge in [-0.15, -0.1) is 0 Å². The van der Waals surface area contributed by atoms with Crippen LogP contribution < -0.4 is 11.1 Å². The van der Waals surface area contributed by atoms with Gasteiger partial charge in [0.15, 0.2) is 5.88 Å². The zero-order valence-corrected chi connectivity index (χ0v) is 7.95. The summed E-state index contributed by atoms with van der Waals surface area (Å²) >= 11 is 0. The molecule has 2 rings (SSSR count). The first-order chi connectivity index (χ1) is 6.75. The quantitative estimate of drug-likeness (QED) is 0.770. The van der Waals surface area contributed by atoms with E-state index in [-0.39, 0.29) is 0 Å². The van der Waals surface area contributed by atoms with Gasteiger partial charge in [0.05, 0.1) is 5.56 Å². The summed E-state index contributed by atoms with van der Waals surface area (Å²) in [6.45, 7) is 0. The molecule has 1 aliphatic rings. The van der Waals surface area contributed by atoms with E-state index in [1.54, 1.807) is 6.07 Å². The van der Waals surface area contributed by atoms with Gasteiger partial charge in [0.1, 0.15) is 6.26 Å². The first-order valence-electron chi connectivity index (χ1n) is 4.90. The van der Waals surface area contributed by atoms with Gasteiger partial charge in [-0.1, -0.05) is 12.8 Å². The van der Waals surface area contributed by atoms with Crippen molar-refractivity contribution in [3.05, 3.63) is 17.9 Å². The minimum absolute atomic E-state index is 0.422. The van der Waals surface area contributed by atoms with Crippen molar-refractivity contribution < 1.29 is 9.21 Å². The van der Waals surface area contributed by atoms with Crippen LogP contribution in [-0.2, 0) is 0 Å². The van der Waals surface area contributed by atoms with Gasteiger partial charge in [-0.3, -0.25) is 4.79 Å². The maximum atomic E-state index is 10.8. The Labute approximate surface area is 82.5 Å². The number of amides is 1. The highest BCUT2D eigenvalue weighted by atomic mass is 16.3. The van der Waals surface area contributed by atoms with E-state index in [9.17, 15) is 4.79 Å². The van der Waals surface area contributed by atoms with Crippen molar-refractivity contribution in [1.29, 1.82) is 0 Å². The monoisotopic (exact) mass is 194 g/mol. The van der Waals surface area contributed by atoms with E-state index in [1.165, 1.54) is 31.9 Å². The Morgan fingerprint density at radius 3 is 2.79 bits per heavy atom. The van der Waals surface area contributed by atoms with E-state index in [0.29, 0.717) is 17.5 Å². The summed E-state index contributed by atoms with van der Waals surface area (Å²) in [7, 11) is 0. The number of carbonyl (C=O) groups excluding carboxylic acids is 1. The van der Waals surface area contributed by atoms with E-state index >= 15 is 0 Å². The number of primary amides is 1. The molecule has 0 radical (unpaired) electrons. The lowest BCUT2D eigenvalue weighted by molar-refractivity contribution is 0.0999. The molecule has 1 saturated carbocycles. The fourth-order valence-electron chi connectivity index (χ4n) is 1.81. The van der Waals surface area contributed by atoms with Gasteiger partial charge in [0.25, 0.3) is 5.91 Å². The molecule has 1 heterocycles. The summed E-state index contributed by atoms with van der Waals surface area (Å²) in [4.78, 5) is 10.8. The second-order valence-electron chi connectivity index (χ2n) is 3.69. The summed E-state index contributed by atoms with van der Waals surface area (Å²) in [5, 5.41) is 3.24. The SMILES string of the molecule is NC(=O)c1coc(NC2CCCC2)c1. The van der Waals surface area contributed by atoms with Crippen molar-refractivity contribution in [3.8, 4) is 0 Å². The maximum absolute atomic E-state index is 10.8. The smallest absolute Gasteiger partial charge is 0.252 e. The Hall–Kier alpha value is -1.45. The molecule has 0 bridgehead atoms. The predicted molar refractivity (Wildman–Crippen MR) is 53.1 cm³/mol. The Balaban J connectivity index is 1.98. The van der Waals surface area contributed by atoms with Crippen LogP contribution in [0.2, 0.25) is 0 Å². The molecule has 4 heteroatoms. The van der Waals surface area contributed by atoms with Crippen LogP contribution in [-0.4, -0.2) is 11.9 Å². The van der Waals surface area contributed by atoms with E-state index in [2.05, 4.69) is 5.32 Å². The molecule has 0 spiro atoms. The van der Waals surface area contributed by atoms with Crippen molar-refractivity contribution >= 4 is 11.8 Å². The van der Waals surface area contributed by atoms with Crippen LogP contribution in [0.3, 0.4) is 0 Å². The molecule has 1 aromatic heterocycles. The van der Waals surface area contributed by atoms with E-state index < -0.39 is 5.91 Å². The van der Waals surface area contributed by atoms with Crippen molar-refractivity contribution in [2.24, 2.45) is 5.73 Å². The number of hydrogen-bond acceptors (Lipinski definition) is 3. The van der Waals surface area contributed by atoms with E-state index in [1.807, 2.05) is 0 Å². The van der Waals surface area contributed by atoms with Gasteiger partial charge in [-0.25, -0.2) is 0 Å². The molecule has 0 aromatic carbocycles. The number of nitrogens with two attached hydrogens (primary N) is 1. The van der Waals surface area contributed by atoms with Gasteiger partial charge in [-0.2, -0.15) is 0 Å². The lowest BCUT2D eigenvalue weighted by Crippen LogP contribution is -2.14. The summed E-state index contributed by atoms with van der Waals surface area (Å²) < 4.78 is 5.18. The Morgan fingerprint density at radius 2 is 2.21 bits per heavy atom. The average molecular weight is 194 g/mol. The Bertz CT molecular complexity index is 327. The Morgan fingerprint density at radius 1 is 1.50 bits per heavy atom. The van der Waals surface area contributed by atoms with Crippen LogP contribution in [0.1, 0.15) is 36.0 Å². The Kier molecular flexibility index (Phi) is 2.43. The molecule has 14 heavy (non-hydrogen) atoms. The number of furan rings is 1. The van der Waals surface area contributed by atoms with Gasteiger partial charge in [0, 0.05) is 12.1 Å². The standard InChI is InChI=1S/C10H14N2O2/c11-10(13)7-5-9(14-6-7)12-8-3-1-2-4-8/h5-6,8,12H,1-4H2,(H2,11,13). The lowest BCUT2D eigenvalue weighted by Gasteiger charge is -2.09. The zero-order valence-electron chi connectivity index (χ0n) is 7.95. The third-order valence-electron chi connectivity index (χ3n) is 2.59. The lowest BCUT2D eigenvalue weighted by atomic mass is 10.2. The minimum atomic E-state index is -0.451. The number of carbonyl (C=O) groups is 1. The second-order valence-corrected chi connectivity index (χ2v) is 3.69. The van der Waals surface area contributed by atoms with Gasteiger partial charge >= 0.3 is 0 Å². The highest BCUT2D eigenvalue weighted by molar-refractivity contribution is 5.93. The molecule has 1 aromatic rings. The summed E-state index contributed by atoms with van der Waals surface area (Å²) in [5.74, 6) is 0.193. The fourth-order valence-corrected chi connectivity index (χ4v) is 1.81. The summed E-state index contributed by atoms with van der Waals surface area (Å²) in [6.07, 6.45) is 6.26. The molecule has 0 atom stereocenters. The number of rotatable bonds is 3. The van der Waals surface area contributed by atoms with Crippen LogP contribution in [0.25, 0.3) is 0 Å². The van der Waals surface area contributed by atoms with Gasteiger partial charge in [-0.05, 0) is 12.8 Å². The van der Waals surface area contributed by atoms with Crippen LogP contribution >= 0.6 is 0 Å². The molecule has 76 valence electrons. The molecule has 1 fully saturated rings. The zero-order chi connectivity index (χ0) is 9.97. The average Bonchev–Trinajstić information content (AvgIpc) is 2.75. The second kappa shape index (κ2) is 3.74. The number of nitrogens with one attached hydrogen (secondary N) is 1. The van der Waals surface area contributed by atoms with Crippen LogP contribution in [0.15, 0.2) is 16.7 Å². The molecule has 1 amide bonds. The molecular formula is C10H14N2O2. The van der Waals surface area contributed by atoms with Crippen LogP contribution in [0.5, 0.6) is 0 Å². The van der Waals surface area contributed by atoms with Crippen LogP contribution in [0, 0.1) is 0 Å². The van der Waals surface area contributed by atoms with Gasteiger partial charge in [0.2, 0.25) is 0 Å². The molecule has 0 unspecified atom stereocenters. The van der Waals surface area contributed by atoms with E-state index in [0.717, 1.165) is 0 Å². The first-order valence-corrected chi connectivity index (χ1v) is 4.90. The normalized spacial score (nSPS) is 17.1. The van der Waals surface area contributed by atoms with Crippen LogP contribution in [0.4, 0.5) is 5.88 Å².